The zero-order valence-corrected chi connectivity index (χ0v) is 12.7. The highest BCUT2D eigenvalue weighted by Gasteiger charge is 2.24. The Morgan fingerprint density at radius 1 is 1.45 bits per heavy atom. The molecule has 3 rings (SSSR count). The summed E-state index contributed by atoms with van der Waals surface area (Å²) in [5, 5.41) is 7.75. The Kier molecular flexibility index (Phi) is 3.93. The van der Waals surface area contributed by atoms with Crippen molar-refractivity contribution in [3.63, 3.8) is 0 Å². The number of fused-ring (bicyclic) bond motifs is 1. The summed E-state index contributed by atoms with van der Waals surface area (Å²) in [7, 11) is 1.64. The third-order valence-electron chi connectivity index (χ3n) is 3.12. The summed E-state index contributed by atoms with van der Waals surface area (Å²) in [5.41, 5.74) is 0. The fourth-order valence-corrected chi connectivity index (χ4v) is 2.47. The van der Waals surface area contributed by atoms with Crippen LogP contribution in [0, 0.1) is 0 Å². The normalized spacial score (nSPS) is 17.8. The summed E-state index contributed by atoms with van der Waals surface area (Å²) >= 11 is 3.32. The molecule has 0 saturated heterocycles. The molecule has 106 valence electrons. The predicted octanol–water partition coefficient (Wildman–Crippen LogP) is 1.92. The van der Waals surface area contributed by atoms with Crippen molar-refractivity contribution >= 4 is 21.9 Å². The molecule has 1 aliphatic rings. The minimum Gasteiger partial charge on any atom is -0.377 e. The summed E-state index contributed by atoms with van der Waals surface area (Å²) in [6.07, 6.45) is 5.49. The average molecular weight is 339 g/mol. The molecule has 20 heavy (non-hydrogen) atoms. The highest BCUT2D eigenvalue weighted by Crippen LogP contribution is 2.26. The Hall–Kier alpha value is -1.54. The number of nitrogens with one attached hydrogen (secondary N) is 1. The van der Waals surface area contributed by atoms with Crippen LogP contribution in [0.2, 0.25) is 0 Å². The molecule has 7 nitrogen and oxygen atoms in total. The van der Waals surface area contributed by atoms with Gasteiger partial charge in [0.2, 0.25) is 5.95 Å². The monoisotopic (exact) mass is 338 g/mol. The minimum absolute atomic E-state index is 0.0861. The number of ether oxygens (including phenoxy) is 1. The lowest BCUT2D eigenvalue weighted by molar-refractivity contribution is 0.177. The maximum atomic E-state index is 5.08. The third kappa shape index (κ3) is 2.80. The van der Waals surface area contributed by atoms with Crippen molar-refractivity contribution in [3.8, 4) is 0 Å². The highest BCUT2D eigenvalue weighted by molar-refractivity contribution is 9.10. The van der Waals surface area contributed by atoms with Crippen molar-refractivity contribution < 1.29 is 4.74 Å². The van der Waals surface area contributed by atoms with Crippen molar-refractivity contribution in [1.82, 2.24) is 24.7 Å². The van der Waals surface area contributed by atoms with Crippen molar-refractivity contribution in [1.29, 1.82) is 0 Å². The molecule has 2 aromatic heterocycles. The Morgan fingerprint density at radius 3 is 3.00 bits per heavy atom. The Labute approximate surface area is 124 Å². The second-order valence-electron chi connectivity index (χ2n) is 4.61. The molecule has 0 spiro atoms. The van der Waals surface area contributed by atoms with Crippen LogP contribution >= 0.6 is 15.9 Å². The second-order valence-corrected chi connectivity index (χ2v) is 5.52. The van der Waals surface area contributed by atoms with Crippen LogP contribution in [-0.2, 0) is 17.9 Å². The van der Waals surface area contributed by atoms with Crippen molar-refractivity contribution in [2.45, 2.75) is 32.0 Å². The molecule has 1 unspecified atom stereocenters. The van der Waals surface area contributed by atoms with Gasteiger partial charge in [-0.15, -0.1) is 0 Å². The van der Waals surface area contributed by atoms with Gasteiger partial charge < -0.3 is 10.1 Å². The van der Waals surface area contributed by atoms with Gasteiger partial charge in [0.25, 0.3) is 0 Å². The molecule has 1 aliphatic heterocycles. The number of hydrogen-bond acceptors (Lipinski definition) is 6. The van der Waals surface area contributed by atoms with Crippen LogP contribution < -0.4 is 5.32 Å². The Morgan fingerprint density at radius 2 is 2.25 bits per heavy atom. The fourth-order valence-electron chi connectivity index (χ4n) is 2.27. The van der Waals surface area contributed by atoms with Gasteiger partial charge >= 0.3 is 0 Å². The predicted molar refractivity (Wildman–Crippen MR) is 76.1 cm³/mol. The molecule has 0 amide bonds. The van der Waals surface area contributed by atoms with Gasteiger partial charge in [-0.1, -0.05) is 0 Å². The van der Waals surface area contributed by atoms with E-state index in [4.69, 9.17) is 4.74 Å². The van der Waals surface area contributed by atoms with Crippen LogP contribution in [-0.4, -0.2) is 31.8 Å². The van der Waals surface area contributed by atoms with E-state index >= 15 is 0 Å². The molecular weight excluding hydrogens is 324 g/mol. The number of methoxy groups -OCH3 is 1. The summed E-state index contributed by atoms with van der Waals surface area (Å²) < 4.78 is 7.88. The molecule has 0 saturated carbocycles. The number of aryl methyl sites for hydroxylation is 1. The van der Waals surface area contributed by atoms with Crippen LogP contribution in [0.5, 0.6) is 0 Å². The lowest BCUT2D eigenvalue weighted by atomic mass is 10.1. The lowest BCUT2D eigenvalue weighted by Crippen LogP contribution is -2.23. The number of rotatable bonds is 4. The van der Waals surface area contributed by atoms with E-state index < -0.39 is 0 Å². The maximum absolute atomic E-state index is 5.08. The first-order valence-corrected chi connectivity index (χ1v) is 7.22. The van der Waals surface area contributed by atoms with Gasteiger partial charge in [0.15, 0.2) is 5.82 Å². The highest BCUT2D eigenvalue weighted by atomic mass is 79.9. The number of halogens is 1. The molecule has 0 bridgehead atoms. The van der Waals surface area contributed by atoms with Gasteiger partial charge in [-0.3, -0.25) is 0 Å². The van der Waals surface area contributed by atoms with E-state index in [0.717, 1.165) is 29.7 Å². The maximum Gasteiger partial charge on any atom is 0.223 e. The fraction of sp³-hybridized carbons (Fsp3) is 0.500. The van der Waals surface area contributed by atoms with E-state index in [0.29, 0.717) is 18.4 Å². The van der Waals surface area contributed by atoms with E-state index in [-0.39, 0.29) is 6.04 Å². The molecule has 0 radical (unpaired) electrons. The van der Waals surface area contributed by atoms with Gasteiger partial charge in [0, 0.05) is 26.0 Å². The minimum atomic E-state index is 0.0861. The molecule has 0 aliphatic carbocycles. The molecule has 8 heteroatoms. The first kappa shape index (κ1) is 13.4. The quantitative estimate of drug-likeness (QED) is 0.917. The molecular formula is C12H15BrN6O. The zero-order chi connectivity index (χ0) is 13.9. The SMILES string of the molecule is COCc1nc2n(n1)CCCC2Nc1ncc(Br)cn1. The van der Waals surface area contributed by atoms with Crippen LogP contribution in [0.4, 0.5) is 5.95 Å². The van der Waals surface area contributed by atoms with Gasteiger partial charge in [-0.2, -0.15) is 5.10 Å². The summed E-state index contributed by atoms with van der Waals surface area (Å²) in [5.74, 6) is 2.24. The topological polar surface area (TPSA) is 77.8 Å². The van der Waals surface area contributed by atoms with E-state index in [1.165, 1.54) is 0 Å². The number of hydrogen-bond donors (Lipinski definition) is 1. The van der Waals surface area contributed by atoms with Crippen LogP contribution in [0.1, 0.15) is 30.5 Å². The van der Waals surface area contributed by atoms with Crippen LogP contribution in [0.25, 0.3) is 0 Å². The van der Waals surface area contributed by atoms with Crippen LogP contribution in [0.15, 0.2) is 16.9 Å². The van der Waals surface area contributed by atoms with Crippen molar-refractivity contribution in [3.05, 3.63) is 28.5 Å². The van der Waals surface area contributed by atoms with Gasteiger partial charge in [-0.05, 0) is 28.8 Å². The summed E-state index contributed by atoms with van der Waals surface area (Å²) in [6.45, 7) is 1.33. The molecule has 0 aromatic carbocycles. The lowest BCUT2D eigenvalue weighted by Gasteiger charge is -2.22. The Bertz CT molecular complexity index is 584. The molecule has 1 N–H and O–H groups in total. The van der Waals surface area contributed by atoms with Gasteiger partial charge in [0.1, 0.15) is 12.4 Å². The Balaban J connectivity index is 1.80. The smallest absolute Gasteiger partial charge is 0.223 e. The summed E-state index contributed by atoms with van der Waals surface area (Å²) in [4.78, 5) is 13.0. The summed E-state index contributed by atoms with van der Waals surface area (Å²) in [6, 6.07) is 0.0861. The zero-order valence-electron chi connectivity index (χ0n) is 11.1. The molecule has 1 atom stereocenters. The van der Waals surface area contributed by atoms with Gasteiger partial charge in [0.05, 0.1) is 10.5 Å². The largest absolute Gasteiger partial charge is 0.377 e. The van der Waals surface area contributed by atoms with Gasteiger partial charge in [-0.25, -0.2) is 19.6 Å². The average Bonchev–Trinajstić information content (AvgIpc) is 2.85. The van der Waals surface area contributed by atoms with E-state index in [9.17, 15) is 0 Å². The standard InChI is InChI=1S/C12H15BrN6O/c1-20-7-10-17-11-9(3-2-4-19(11)18-10)16-12-14-5-8(13)6-15-12/h5-6,9H,2-4,7H2,1H3,(H,14,15,16). The molecule has 2 aromatic rings. The number of aromatic nitrogens is 5. The molecule has 3 heterocycles. The van der Waals surface area contributed by atoms with E-state index in [1.54, 1.807) is 19.5 Å². The van der Waals surface area contributed by atoms with E-state index in [2.05, 4.69) is 41.3 Å². The first-order chi connectivity index (χ1) is 9.76. The van der Waals surface area contributed by atoms with Crippen molar-refractivity contribution in [2.75, 3.05) is 12.4 Å². The second kappa shape index (κ2) is 5.84. The molecule has 0 fully saturated rings. The first-order valence-electron chi connectivity index (χ1n) is 6.43. The number of anilines is 1. The van der Waals surface area contributed by atoms with Crippen LogP contribution in [0.3, 0.4) is 0 Å². The van der Waals surface area contributed by atoms with E-state index in [1.807, 2.05) is 4.68 Å². The van der Waals surface area contributed by atoms with Crippen molar-refractivity contribution in [2.24, 2.45) is 0 Å². The third-order valence-corrected chi connectivity index (χ3v) is 3.53. The number of nitrogens with zero attached hydrogens (tertiary/aromatic N) is 5.